The lowest BCUT2D eigenvalue weighted by atomic mass is 10.0. The molecule has 0 spiro atoms. The molecule has 0 saturated carbocycles. The first-order chi connectivity index (χ1) is 18.7. The van der Waals surface area contributed by atoms with E-state index >= 15 is 0 Å². The molecule has 39 heavy (non-hydrogen) atoms. The molecule has 13 heteroatoms. The molecule has 0 radical (unpaired) electrons. The number of aromatic nitrogens is 4. The highest BCUT2D eigenvalue weighted by molar-refractivity contribution is 6.31. The summed E-state index contributed by atoms with van der Waals surface area (Å²) in [4.78, 5) is 38.0. The van der Waals surface area contributed by atoms with Gasteiger partial charge in [0, 0.05) is 48.0 Å². The minimum Gasteiger partial charge on any atom is -0.495 e. The fourth-order valence-electron chi connectivity index (χ4n) is 4.06. The molecule has 2 heterocycles. The van der Waals surface area contributed by atoms with Crippen molar-refractivity contribution in [3.05, 3.63) is 88.1 Å². The van der Waals surface area contributed by atoms with Crippen LogP contribution in [0.5, 0.6) is 5.75 Å². The number of nitrogens with two attached hydrogens (primary N) is 1. The Hall–Kier alpha value is -4.55. The third kappa shape index (κ3) is 5.97. The lowest BCUT2D eigenvalue weighted by molar-refractivity contribution is -0.119. The monoisotopic (exact) mass is 554 g/mol. The maximum absolute atomic E-state index is 14.2. The lowest BCUT2D eigenvalue weighted by Crippen LogP contribution is -2.34. The SMILES string of the molecule is COCCC(C(=O)Nc1ccc(C(N)=O)c(F)c1)n1cc(OC)c(-c2cc(Cl)ccc2-n2cnnc2)cc1=O. The average Bonchev–Trinajstić information content (AvgIpc) is 3.44. The highest BCUT2D eigenvalue weighted by Gasteiger charge is 2.25. The van der Waals surface area contributed by atoms with Crippen molar-refractivity contribution in [2.45, 2.75) is 12.5 Å². The number of rotatable bonds is 10. The molecular formula is C26H24ClFN6O5. The quantitative estimate of drug-likeness (QED) is 0.306. The molecule has 2 aromatic carbocycles. The van der Waals surface area contributed by atoms with Crippen LogP contribution >= 0.6 is 11.6 Å². The summed E-state index contributed by atoms with van der Waals surface area (Å²) >= 11 is 6.28. The number of carbonyl (C=O) groups excluding carboxylic acids is 2. The Kier molecular flexibility index (Phi) is 8.37. The molecule has 0 aliphatic rings. The average molecular weight is 555 g/mol. The molecule has 0 fully saturated rings. The largest absolute Gasteiger partial charge is 0.495 e. The molecule has 4 aromatic rings. The van der Waals surface area contributed by atoms with Gasteiger partial charge in [-0.1, -0.05) is 11.6 Å². The molecule has 1 atom stereocenters. The van der Waals surface area contributed by atoms with Crippen LogP contribution < -0.4 is 21.3 Å². The normalized spacial score (nSPS) is 11.7. The van der Waals surface area contributed by atoms with E-state index in [1.54, 1.807) is 22.8 Å². The van der Waals surface area contributed by atoms with Crippen molar-refractivity contribution in [1.29, 1.82) is 0 Å². The van der Waals surface area contributed by atoms with Crippen LogP contribution in [0, 0.1) is 5.82 Å². The highest BCUT2D eigenvalue weighted by Crippen LogP contribution is 2.35. The van der Waals surface area contributed by atoms with Crippen LogP contribution in [0.3, 0.4) is 0 Å². The van der Waals surface area contributed by atoms with E-state index in [1.807, 2.05) is 0 Å². The van der Waals surface area contributed by atoms with Gasteiger partial charge in [-0.05, 0) is 36.4 Å². The molecule has 4 rings (SSSR count). The fraction of sp³-hybridized carbons (Fsp3) is 0.192. The number of nitrogens with one attached hydrogen (secondary N) is 1. The van der Waals surface area contributed by atoms with Crippen LogP contribution in [-0.4, -0.2) is 52.0 Å². The van der Waals surface area contributed by atoms with Crippen molar-refractivity contribution in [2.24, 2.45) is 5.73 Å². The second-order valence-electron chi connectivity index (χ2n) is 8.38. The Morgan fingerprint density at radius 2 is 1.85 bits per heavy atom. The number of methoxy groups -OCH3 is 2. The summed E-state index contributed by atoms with van der Waals surface area (Å²) in [7, 11) is 2.90. The van der Waals surface area contributed by atoms with Crippen molar-refractivity contribution < 1.29 is 23.5 Å². The predicted octanol–water partition coefficient (Wildman–Crippen LogP) is 3.21. The molecule has 3 N–H and O–H groups in total. The van der Waals surface area contributed by atoms with Crippen LogP contribution in [0.15, 0.2) is 66.1 Å². The summed E-state index contributed by atoms with van der Waals surface area (Å²) in [6, 6.07) is 8.90. The first-order valence-electron chi connectivity index (χ1n) is 11.6. The van der Waals surface area contributed by atoms with E-state index in [4.69, 9.17) is 26.8 Å². The highest BCUT2D eigenvalue weighted by atomic mass is 35.5. The summed E-state index contributed by atoms with van der Waals surface area (Å²) in [5, 5.41) is 10.7. The maximum Gasteiger partial charge on any atom is 0.252 e. The Morgan fingerprint density at radius 1 is 1.10 bits per heavy atom. The van der Waals surface area contributed by atoms with E-state index in [-0.39, 0.29) is 24.3 Å². The zero-order chi connectivity index (χ0) is 28.1. The third-order valence-electron chi connectivity index (χ3n) is 5.95. The van der Waals surface area contributed by atoms with Gasteiger partial charge >= 0.3 is 0 Å². The van der Waals surface area contributed by atoms with Gasteiger partial charge in [-0.25, -0.2) is 4.39 Å². The standard InChI is InChI=1S/C26H24ClFN6O5/c1-38-8-7-22(26(37)32-16-4-5-17(25(29)36)20(28)10-16)34-12-23(39-2)19(11-24(34)35)18-9-15(27)3-6-21(18)33-13-30-31-14-33/h3-6,9-14,22H,7-8H2,1-2H3,(H2,29,36)(H,32,37). The van der Waals surface area contributed by atoms with Gasteiger partial charge in [-0.3, -0.25) is 23.5 Å². The number of halogens is 2. The summed E-state index contributed by atoms with van der Waals surface area (Å²) in [5.74, 6) is -2.14. The molecule has 11 nitrogen and oxygen atoms in total. The number of ether oxygens (including phenoxy) is 2. The summed E-state index contributed by atoms with van der Waals surface area (Å²) < 4.78 is 27.9. The van der Waals surface area contributed by atoms with Crippen molar-refractivity contribution in [2.75, 3.05) is 26.1 Å². The van der Waals surface area contributed by atoms with Crippen molar-refractivity contribution in [3.8, 4) is 22.6 Å². The Labute approximate surface area is 226 Å². The predicted molar refractivity (Wildman–Crippen MR) is 142 cm³/mol. The topological polar surface area (TPSA) is 143 Å². The molecule has 0 bridgehead atoms. The molecule has 0 aliphatic heterocycles. The second kappa shape index (κ2) is 11.9. The van der Waals surface area contributed by atoms with E-state index in [1.165, 1.54) is 55.8 Å². The summed E-state index contributed by atoms with van der Waals surface area (Å²) in [6.07, 6.45) is 4.55. The Bertz CT molecular complexity index is 1570. The number of nitrogens with zero attached hydrogens (tertiary/aromatic N) is 4. The van der Waals surface area contributed by atoms with Crippen LogP contribution in [0.25, 0.3) is 16.8 Å². The number of hydrogen-bond donors (Lipinski definition) is 2. The van der Waals surface area contributed by atoms with Gasteiger partial charge in [0.25, 0.3) is 11.5 Å². The van der Waals surface area contributed by atoms with E-state index in [2.05, 4.69) is 15.5 Å². The van der Waals surface area contributed by atoms with E-state index < -0.39 is 29.2 Å². The molecule has 2 amide bonds. The van der Waals surface area contributed by atoms with Crippen LogP contribution in [0.4, 0.5) is 10.1 Å². The molecule has 1 unspecified atom stereocenters. The molecule has 202 valence electrons. The lowest BCUT2D eigenvalue weighted by Gasteiger charge is -2.22. The first-order valence-corrected chi connectivity index (χ1v) is 12.0. The zero-order valence-electron chi connectivity index (χ0n) is 20.9. The maximum atomic E-state index is 14.2. The Morgan fingerprint density at radius 3 is 2.49 bits per heavy atom. The summed E-state index contributed by atoms with van der Waals surface area (Å²) in [5.41, 5.74) is 6.06. The molecule has 2 aromatic heterocycles. The number of amides is 2. The summed E-state index contributed by atoms with van der Waals surface area (Å²) in [6.45, 7) is 0.148. The molecular weight excluding hydrogens is 531 g/mol. The molecule has 0 aliphatic carbocycles. The minimum atomic E-state index is -1.05. The van der Waals surface area contributed by atoms with E-state index in [0.29, 0.717) is 27.6 Å². The smallest absolute Gasteiger partial charge is 0.252 e. The van der Waals surface area contributed by atoms with Gasteiger partial charge in [0.15, 0.2) is 0 Å². The third-order valence-corrected chi connectivity index (χ3v) is 6.18. The van der Waals surface area contributed by atoms with Crippen molar-refractivity contribution in [1.82, 2.24) is 19.3 Å². The van der Waals surface area contributed by atoms with E-state index in [9.17, 15) is 18.8 Å². The first kappa shape index (κ1) is 27.5. The van der Waals surface area contributed by atoms with Crippen molar-refractivity contribution >= 4 is 29.1 Å². The number of carbonyl (C=O) groups is 2. The number of anilines is 1. The van der Waals surface area contributed by atoms with Crippen LogP contribution in [0.2, 0.25) is 5.02 Å². The van der Waals surface area contributed by atoms with Crippen LogP contribution in [0.1, 0.15) is 22.8 Å². The fourth-order valence-corrected chi connectivity index (χ4v) is 4.24. The van der Waals surface area contributed by atoms with Gasteiger partial charge in [0.1, 0.15) is 30.3 Å². The van der Waals surface area contributed by atoms with Gasteiger partial charge < -0.3 is 20.5 Å². The Balaban J connectivity index is 1.75. The minimum absolute atomic E-state index is 0.0825. The number of pyridine rings is 1. The van der Waals surface area contributed by atoms with Gasteiger partial charge in [0.05, 0.1) is 24.6 Å². The second-order valence-corrected chi connectivity index (χ2v) is 8.81. The number of hydrogen-bond acceptors (Lipinski definition) is 7. The zero-order valence-corrected chi connectivity index (χ0v) is 21.7. The van der Waals surface area contributed by atoms with E-state index in [0.717, 1.165) is 6.07 Å². The van der Waals surface area contributed by atoms with Crippen LogP contribution in [-0.2, 0) is 9.53 Å². The number of benzene rings is 2. The van der Waals surface area contributed by atoms with Gasteiger partial charge in [-0.15, -0.1) is 10.2 Å². The number of primary amides is 1. The van der Waals surface area contributed by atoms with Gasteiger partial charge in [0.2, 0.25) is 5.91 Å². The van der Waals surface area contributed by atoms with Gasteiger partial charge in [-0.2, -0.15) is 0 Å². The van der Waals surface area contributed by atoms with Crippen molar-refractivity contribution in [3.63, 3.8) is 0 Å². The molecule has 0 saturated heterocycles.